The van der Waals surface area contributed by atoms with Crippen LogP contribution in [0.4, 0.5) is 0 Å². The molecule has 0 aliphatic heterocycles. The van der Waals surface area contributed by atoms with Crippen molar-refractivity contribution < 1.29 is 4.79 Å². The SMILES string of the molecule is Cc1ccc([C@@H](NC(=O)CC(c2ccccc2)c2ccccc2)c2ccccc2)cc1. The van der Waals surface area contributed by atoms with E-state index in [1.165, 1.54) is 5.56 Å². The molecule has 0 spiro atoms. The Kier molecular flexibility index (Phi) is 6.59. The molecule has 0 heterocycles. The molecule has 2 nitrogen and oxygen atoms in total. The predicted octanol–water partition coefficient (Wildman–Crippen LogP) is 6.42. The van der Waals surface area contributed by atoms with Gasteiger partial charge in [-0.3, -0.25) is 4.79 Å². The second kappa shape index (κ2) is 9.90. The van der Waals surface area contributed by atoms with E-state index in [0.717, 1.165) is 22.3 Å². The van der Waals surface area contributed by atoms with Gasteiger partial charge in [0.25, 0.3) is 0 Å². The van der Waals surface area contributed by atoms with Gasteiger partial charge in [-0.25, -0.2) is 0 Å². The number of benzene rings is 4. The molecule has 154 valence electrons. The van der Waals surface area contributed by atoms with Crippen LogP contribution in [0, 0.1) is 6.92 Å². The second-order valence-electron chi connectivity index (χ2n) is 7.90. The number of aryl methyl sites for hydroxylation is 1. The normalized spacial score (nSPS) is 11.8. The average molecular weight is 406 g/mol. The van der Waals surface area contributed by atoms with Gasteiger partial charge in [0, 0.05) is 12.3 Å². The fourth-order valence-corrected chi connectivity index (χ4v) is 3.97. The lowest BCUT2D eigenvalue weighted by atomic mass is 9.88. The third-order valence-electron chi connectivity index (χ3n) is 5.64. The lowest BCUT2D eigenvalue weighted by Gasteiger charge is -2.23. The van der Waals surface area contributed by atoms with E-state index in [1.54, 1.807) is 0 Å². The summed E-state index contributed by atoms with van der Waals surface area (Å²) in [5.74, 6) is 0.0453. The van der Waals surface area contributed by atoms with Gasteiger partial charge in [0.15, 0.2) is 0 Å². The van der Waals surface area contributed by atoms with Crippen molar-refractivity contribution in [2.24, 2.45) is 0 Å². The minimum Gasteiger partial charge on any atom is -0.345 e. The number of carbonyl (C=O) groups excluding carboxylic acids is 1. The molecule has 0 unspecified atom stereocenters. The van der Waals surface area contributed by atoms with Crippen molar-refractivity contribution in [2.45, 2.75) is 25.3 Å². The van der Waals surface area contributed by atoms with Crippen molar-refractivity contribution >= 4 is 5.91 Å². The Morgan fingerprint density at radius 1 is 0.613 bits per heavy atom. The highest BCUT2D eigenvalue weighted by molar-refractivity contribution is 5.78. The first-order valence-corrected chi connectivity index (χ1v) is 10.7. The van der Waals surface area contributed by atoms with Gasteiger partial charge >= 0.3 is 0 Å². The minimum absolute atomic E-state index is 0.0110. The Balaban J connectivity index is 1.61. The number of hydrogen-bond acceptors (Lipinski definition) is 1. The Labute approximate surface area is 184 Å². The van der Waals surface area contributed by atoms with E-state index >= 15 is 0 Å². The van der Waals surface area contributed by atoms with Crippen LogP contribution in [0.1, 0.15) is 46.2 Å². The molecular weight excluding hydrogens is 378 g/mol. The van der Waals surface area contributed by atoms with Crippen LogP contribution in [-0.4, -0.2) is 5.91 Å². The summed E-state index contributed by atoms with van der Waals surface area (Å²) in [5.41, 5.74) is 5.66. The van der Waals surface area contributed by atoms with Crippen LogP contribution >= 0.6 is 0 Å². The lowest BCUT2D eigenvalue weighted by Crippen LogP contribution is -2.30. The van der Waals surface area contributed by atoms with Gasteiger partial charge in [0.2, 0.25) is 5.91 Å². The van der Waals surface area contributed by atoms with E-state index in [9.17, 15) is 4.79 Å². The average Bonchev–Trinajstić information content (AvgIpc) is 2.83. The summed E-state index contributed by atoms with van der Waals surface area (Å²) in [6.07, 6.45) is 0.392. The molecule has 0 aromatic heterocycles. The van der Waals surface area contributed by atoms with Crippen LogP contribution in [0.2, 0.25) is 0 Å². The van der Waals surface area contributed by atoms with Crippen LogP contribution in [0.25, 0.3) is 0 Å². The van der Waals surface area contributed by atoms with Crippen molar-refractivity contribution in [3.63, 3.8) is 0 Å². The van der Waals surface area contributed by atoms with E-state index in [4.69, 9.17) is 0 Å². The largest absolute Gasteiger partial charge is 0.345 e. The summed E-state index contributed by atoms with van der Waals surface area (Å²) in [4.78, 5) is 13.3. The Morgan fingerprint density at radius 2 is 1.03 bits per heavy atom. The summed E-state index contributed by atoms with van der Waals surface area (Å²) in [5, 5.41) is 3.30. The van der Waals surface area contributed by atoms with Crippen LogP contribution in [-0.2, 0) is 4.79 Å². The van der Waals surface area contributed by atoms with E-state index in [1.807, 2.05) is 54.6 Å². The fourth-order valence-electron chi connectivity index (χ4n) is 3.97. The Hall–Kier alpha value is -3.65. The van der Waals surface area contributed by atoms with Crippen molar-refractivity contribution in [3.8, 4) is 0 Å². The van der Waals surface area contributed by atoms with E-state index in [0.29, 0.717) is 6.42 Å². The van der Waals surface area contributed by atoms with E-state index in [-0.39, 0.29) is 17.9 Å². The highest BCUT2D eigenvalue weighted by atomic mass is 16.1. The van der Waals surface area contributed by atoms with Gasteiger partial charge in [-0.05, 0) is 29.2 Å². The van der Waals surface area contributed by atoms with Gasteiger partial charge < -0.3 is 5.32 Å². The van der Waals surface area contributed by atoms with Crippen molar-refractivity contribution in [1.29, 1.82) is 0 Å². The molecule has 0 aliphatic carbocycles. The number of nitrogens with one attached hydrogen (secondary N) is 1. The molecule has 0 radical (unpaired) electrons. The van der Waals surface area contributed by atoms with Crippen molar-refractivity contribution in [2.75, 3.05) is 0 Å². The van der Waals surface area contributed by atoms with Crippen molar-refractivity contribution in [3.05, 3.63) is 143 Å². The zero-order valence-corrected chi connectivity index (χ0v) is 17.7. The summed E-state index contributed by atoms with van der Waals surface area (Å²) >= 11 is 0. The molecule has 1 N–H and O–H groups in total. The maximum absolute atomic E-state index is 13.3. The quantitative estimate of drug-likeness (QED) is 0.377. The maximum Gasteiger partial charge on any atom is 0.221 e. The highest BCUT2D eigenvalue weighted by Crippen LogP contribution is 2.29. The Bertz CT molecular complexity index is 1050. The molecule has 2 heteroatoms. The number of rotatable bonds is 7. The van der Waals surface area contributed by atoms with Gasteiger partial charge in [-0.1, -0.05) is 121 Å². The summed E-state index contributed by atoms with van der Waals surface area (Å²) in [7, 11) is 0. The first-order valence-electron chi connectivity index (χ1n) is 10.7. The molecule has 0 aliphatic rings. The van der Waals surface area contributed by atoms with Crippen LogP contribution in [0.5, 0.6) is 0 Å². The highest BCUT2D eigenvalue weighted by Gasteiger charge is 2.22. The van der Waals surface area contributed by atoms with E-state index in [2.05, 4.69) is 72.9 Å². The van der Waals surface area contributed by atoms with Gasteiger partial charge in [0.05, 0.1) is 6.04 Å². The van der Waals surface area contributed by atoms with Crippen LogP contribution < -0.4 is 5.32 Å². The Morgan fingerprint density at radius 3 is 1.52 bits per heavy atom. The zero-order chi connectivity index (χ0) is 21.5. The number of carbonyl (C=O) groups is 1. The van der Waals surface area contributed by atoms with Crippen molar-refractivity contribution in [1.82, 2.24) is 5.32 Å². The second-order valence-corrected chi connectivity index (χ2v) is 7.90. The molecule has 0 bridgehead atoms. The molecular formula is C29H27NO. The monoisotopic (exact) mass is 405 g/mol. The smallest absolute Gasteiger partial charge is 0.221 e. The molecule has 0 saturated heterocycles. The third-order valence-corrected chi connectivity index (χ3v) is 5.64. The van der Waals surface area contributed by atoms with Crippen LogP contribution in [0.15, 0.2) is 115 Å². The third kappa shape index (κ3) is 5.29. The topological polar surface area (TPSA) is 29.1 Å². The first-order chi connectivity index (χ1) is 15.2. The lowest BCUT2D eigenvalue weighted by molar-refractivity contribution is -0.121. The maximum atomic E-state index is 13.3. The zero-order valence-electron chi connectivity index (χ0n) is 17.7. The molecule has 1 atom stereocenters. The number of hydrogen-bond donors (Lipinski definition) is 1. The molecule has 4 rings (SSSR count). The summed E-state index contributed by atoms with van der Waals surface area (Å²) in [6.45, 7) is 2.07. The fraction of sp³-hybridized carbons (Fsp3) is 0.138. The van der Waals surface area contributed by atoms with E-state index < -0.39 is 0 Å². The molecule has 0 saturated carbocycles. The number of amides is 1. The summed E-state index contributed by atoms with van der Waals surface area (Å²) in [6, 6.07) is 38.9. The molecule has 31 heavy (non-hydrogen) atoms. The minimum atomic E-state index is -0.179. The first kappa shape index (κ1) is 20.6. The van der Waals surface area contributed by atoms with Crippen LogP contribution in [0.3, 0.4) is 0 Å². The standard InChI is InChI=1S/C29H27NO/c1-22-17-19-26(20-18-22)29(25-15-9-4-10-16-25)30-28(31)21-27(23-11-5-2-6-12-23)24-13-7-3-8-14-24/h2-20,27,29H,21H2,1H3,(H,30,31)/t29-/m0/s1. The molecule has 4 aromatic carbocycles. The predicted molar refractivity (Wildman–Crippen MR) is 127 cm³/mol. The molecule has 0 fully saturated rings. The molecule has 4 aromatic rings. The van der Waals surface area contributed by atoms with Gasteiger partial charge in [0.1, 0.15) is 0 Å². The van der Waals surface area contributed by atoms with Gasteiger partial charge in [-0.15, -0.1) is 0 Å². The summed E-state index contributed by atoms with van der Waals surface area (Å²) < 4.78 is 0. The molecule has 1 amide bonds. The van der Waals surface area contributed by atoms with Gasteiger partial charge in [-0.2, -0.15) is 0 Å².